The summed E-state index contributed by atoms with van der Waals surface area (Å²) >= 11 is 7.64. The van der Waals surface area contributed by atoms with Crippen molar-refractivity contribution in [3.63, 3.8) is 0 Å². The summed E-state index contributed by atoms with van der Waals surface area (Å²) in [5.74, 6) is 0.724. The van der Waals surface area contributed by atoms with E-state index in [-0.39, 0.29) is 12.2 Å². The minimum Gasteiger partial charge on any atom is -0.490 e. The van der Waals surface area contributed by atoms with Crippen LogP contribution in [-0.2, 0) is 0 Å². The van der Waals surface area contributed by atoms with Gasteiger partial charge in [0.25, 0.3) is 5.91 Å². The molecule has 0 spiro atoms. The fourth-order valence-electron chi connectivity index (χ4n) is 5.86. The number of piperidine rings is 1. The molecule has 7 nitrogen and oxygen atoms in total. The molecule has 9 heteroatoms. The lowest BCUT2D eigenvalue weighted by atomic mass is 10.0. The van der Waals surface area contributed by atoms with Gasteiger partial charge in [-0.05, 0) is 50.8 Å². The average molecular weight is 565 g/mol. The van der Waals surface area contributed by atoms with Crippen LogP contribution in [0.15, 0.2) is 54.9 Å². The van der Waals surface area contributed by atoms with E-state index < -0.39 is 5.91 Å². The minimum atomic E-state index is -0.537. The first-order valence-corrected chi connectivity index (χ1v) is 14.9. The summed E-state index contributed by atoms with van der Waals surface area (Å²) in [5, 5.41) is 1.40. The highest BCUT2D eigenvalue weighted by Crippen LogP contribution is 2.37. The van der Waals surface area contributed by atoms with Gasteiger partial charge in [-0.1, -0.05) is 42.6 Å². The first-order valence-electron chi connectivity index (χ1n) is 13.7. The lowest BCUT2D eigenvalue weighted by Crippen LogP contribution is -2.43. The molecule has 39 heavy (non-hydrogen) atoms. The number of likely N-dealkylation sites (tertiary alicyclic amines) is 1. The van der Waals surface area contributed by atoms with E-state index in [4.69, 9.17) is 26.8 Å². The predicted molar refractivity (Wildman–Crippen MR) is 155 cm³/mol. The minimum absolute atomic E-state index is 0.214. The third kappa shape index (κ3) is 5.51. The van der Waals surface area contributed by atoms with Crippen molar-refractivity contribution >= 4 is 39.9 Å². The predicted octanol–water partition coefficient (Wildman–Crippen LogP) is 6.77. The van der Waals surface area contributed by atoms with Crippen LogP contribution in [0.5, 0.6) is 11.5 Å². The largest absolute Gasteiger partial charge is 0.490 e. The van der Waals surface area contributed by atoms with Crippen LogP contribution < -0.4 is 15.2 Å². The number of primary amides is 1. The van der Waals surface area contributed by atoms with E-state index in [1.54, 1.807) is 6.33 Å². The molecule has 1 atom stereocenters. The molecule has 0 radical (unpaired) electrons. The van der Waals surface area contributed by atoms with Gasteiger partial charge in [0.2, 0.25) is 0 Å². The Morgan fingerprint density at radius 3 is 2.62 bits per heavy atom. The number of rotatable bonds is 8. The highest BCUT2D eigenvalue weighted by Gasteiger charge is 2.28. The van der Waals surface area contributed by atoms with Crippen molar-refractivity contribution < 1.29 is 14.3 Å². The standard InChI is InChI=1S/C30H33ClN4O3S/c1-19(23-8-4-5-9-24(23)31)37-27-17-28(39-29(27)30(32)36)35-18-33-25-11-10-22(16-26(25)35)38-21-12-14-34(15-13-21)20-6-2-3-7-20/h4-5,8-11,16-21H,2-3,6-7,12-15H2,1H3,(H2,32,36)/t19-/m1/s1. The lowest BCUT2D eigenvalue weighted by molar-refractivity contribution is 0.0769. The lowest BCUT2D eigenvalue weighted by Gasteiger charge is -2.36. The molecule has 2 aliphatic rings. The maximum Gasteiger partial charge on any atom is 0.262 e. The van der Waals surface area contributed by atoms with Gasteiger partial charge < -0.3 is 20.1 Å². The molecule has 2 fully saturated rings. The number of ether oxygens (including phenoxy) is 2. The number of carbonyl (C=O) groups excluding carboxylic acids is 1. The van der Waals surface area contributed by atoms with Gasteiger partial charge in [0.05, 0.1) is 11.0 Å². The number of imidazole rings is 1. The summed E-state index contributed by atoms with van der Waals surface area (Å²) in [4.78, 5) is 19.9. The Labute approximate surface area is 237 Å². The maximum atomic E-state index is 12.3. The van der Waals surface area contributed by atoms with Gasteiger partial charge in [-0.15, -0.1) is 11.3 Å². The van der Waals surface area contributed by atoms with Crippen LogP contribution in [0.2, 0.25) is 5.02 Å². The molecule has 2 aromatic carbocycles. The first kappa shape index (κ1) is 26.2. The molecule has 0 unspecified atom stereocenters. The molecule has 1 saturated heterocycles. The summed E-state index contributed by atoms with van der Waals surface area (Å²) in [6.07, 6.45) is 9.13. The summed E-state index contributed by atoms with van der Waals surface area (Å²) in [6, 6.07) is 16.1. The van der Waals surface area contributed by atoms with Crippen LogP contribution in [0.3, 0.4) is 0 Å². The molecule has 204 valence electrons. The molecule has 6 rings (SSSR count). The van der Waals surface area contributed by atoms with Crippen molar-refractivity contribution in [3.8, 4) is 16.5 Å². The van der Waals surface area contributed by atoms with E-state index in [1.165, 1.54) is 37.0 Å². The summed E-state index contributed by atoms with van der Waals surface area (Å²) in [7, 11) is 0. The maximum absolute atomic E-state index is 12.3. The van der Waals surface area contributed by atoms with Crippen molar-refractivity contribution in [3.05, 3.63) is 70.3 Å². The zero-order chi connectivity index (χ0) is 26.9. The van der Waals surface area contributed by atoms with Crippen LogP contribution in [0.4, 0.5) is 0 Å². The van der Waals surface area contributed by atoms with E-state index in [0.717, 1.165) is 59.3 Å². The molecular formula is C30H33ClN4O3S. The van der Waals surface area contributed by atoms with Crippen LogP contribution in [0.1, 0.15) is 66.8 Å². The monoisotopic (exact) mass is 564 g/mol. The van der Waals surface area contributed by atoms with E-state index in [9.17, 15) is 4.79 Å². The highest BCUT2D eigenvalue weighted by atomic mass is 35.5. The second-order valence-electron chi connectivity index (χ2n) is 10.5. The Morgan fingerprint density at radius 2 is 1.87 bits per heavy atom. The highest BCUT2D eigenvalue weighted by molar-refractivity contribution is 7.16. The Kier molecular flexibility index (Phi) is 7.51. The topological polar surface area (TPSA) is 82.6 Å². The van der Waals surface area contributed by atoms with Crippen molar-refractivity contribution in [2.75, 3.05) is 13.1 Å². The van der Waals surface area contributed by atoms with Crippen molar-refractivity contribution in [1.82, 2.24) is 14.5 Å². The van der Waals surface area contributed by atoms with E-state index >= 15 is 0 Å². The van der Waals surface area contributed by atoms with Gasteiger partial charge in [-0.2, -0.15) is 0 Å². The van der Waals surface area contributed by atoms with E-state index in [2.05, 4.69) is 9.88 Å². The molecule has 1 saturated carbocycles. The molecule has 4 aromatic rings. The van der Waals surface area contributed by atoms with Gasteiger partial charge in [0.15, 0.2) is 0 Å². The van der Waals surface area contributed by atoms with E-state index in [1.807, 2.05) is 60.0 Å². The molecule has 3 heterocycles. The Hall–Kier alpha value is -3.07. The molecule has 1 aliphatic carbocycles. The number of aromatic nitrogens is 2. The summed E-state index contributed by atoms with van der Waals surface area (Å²) in [5.41, 5.74) is 8.32. The van der Waals surface area contributed by atoms with Gasteiger partial charge in [-0.25, -0.2) is 4.98 Å². The molecule has 2 aromatic heterocycles. The van der Waals surface area contributed by atoms with Gasteiger partial charge in [0.1, 0.15) is 39.9 Å². The second-order valence-corrected chi connectivity index (χ2v) is 11.9. The van der Waals surface area contributed by atoms with Gasteiger partial charge in [-0.3, -0.25) is 9.36 Å². The fourth-order valence-corrected chi connectivity index (χ4v) is 7.07. The zero-order valence-corrected chi connectivity index (χ0v) is 23.6. The van der Waals surface area contributed by atoms with Crippen LogP contribution in [0, 0.1) is 0 Å². The number of amides is 1. The Morgan fingerprint density at radius 1 is 1.10 bits per heavy atom. The van der Waals surface area contributed by atoms with Crippen molar-refractivity contribution in [1.29, 1.82) is 0 Å². The number of nitrogens with two attached hydrogens (primary N) is 1. The number of halogens is 1. The Balaban J connectivity index is 1.21. The fraction of sp³-hybridized carbons (Fsp3) is 0.400. The number of carbonyl (C=O) groups is 1. The molecule has 1 aliphatic heterocycles. The summed E-state index contributed by atoms with van der Waals surface area (Å²) < 4.78 is 14.6. The van der Waals surface area contributed by atoms with E-state index in [0.29, 0.717) is 15.6 Å². The number of hydrogen-bond acceptors (Lipinski definition) is 6. The van der Waals surface area contributed by atoms with Gasteiger partial charge in [0, 0.05) is 41.9 Å². The molecule has 0 bridgehead atoms. The number of nitrogens with zero attached hydrogens (tertiary/aromatic N) is 3. The van der Waals surface area contributed by atoms with Crippen molar-refractivity contribution in [2.45, 2.75) is 63.7 Å². The normalized spacial score (nSPS) is 18.0. The first-order chi connectivity index (χ1) is 19.0. The Bertz CT molecular complexity index is 1470. The smallest absolute Gasteiger partial charge is 0.262 e. The SMILES string of the molecule is C[C@@H](Oc1cc(-n2cnc3ccc(OC4CCN(C5CCCC5)CC4)cc32)sc1C(N)=O)c1ccccc1Cl. The number of thiophene rings is 1. The summed E-state index contributed by atoms with van der Waals surface area (Å²) in [6.45, 7) is 4.11. The van der Waals surface area contributed by atoms with Crippen LogP contribution >= 0.6 is 22.9 Å². The average Bonchev–Trinajstić information content (AvgIpc) is 3.69. The van der Waals surface area contributed by atoms with Crippen LogP contribution in [-0.4, -0.2) is 45.6 Å². The van der Waals surface area contributed by atoms with Gasteiger partial charge >= 0.3 is 0 Å². The zero-order valence-electron chi connectivity index (χ0n) is 22.0. The number of fused-ring (bicyclic) bond motifs is 1. The van der Waals surface area contributed by atoms with Crippen molar-refractivity contribution in [2.24, 2.45) is 5.73 Å². The molecule has 2 N–H and O–H groups in total. The quantitative estimate of drug-likeness (QED) is 0.255. The molecule has 1 amide bonds. The third-order valence-corrected chi connectivity index (χ3v) is 9.41. The number of hydrogen-bond donors (Lipinski definition) is 1. The second kappa shape index (κ2) is 11.2. The number of benzene rings is 2. The van der Waals surface area contributed by atoms with Crippen LogP contribution in [0.25, 0.3) is 16.0 Å². The molecular weight excluding hydrogens is 532 g/mol. The third-order valence-electron chi connectivity index (χ3n) is 7.93.